The van der Waals surface area contributed by atoms with Crippen molar-refractivity contribution in [2.24, 2.45) is 12.8 Å². The molecule has 11 heteroatoms. The number of aromatic nitrogens is 6. The van der Waals surface area contributed by atoms with Gasteiger partial charge in [-0.25, -0.2) is 24.3 Å². The summed E-state index contributed by atoms with van der Waals surface area (Å²) in [6.07, 6.45) is 1.87. The van der Waals surface area contributed by atoms with Crippen molar-refractivity contribution < 1.29 is 0 Å². The number of anilines is 1. The number of nitriles is 1. The molecule has 34 heavy (non-hydrogen) atoms. The van der Waals surface area contributed by atoms with Gasteiger partial charge in [0, 0.05) is 38.1 Å². The van der Waals surface area contributed by atoms with Crippen LogP contribution in [0.4, 0.5) is 5.95 Å². The fraction of sp³-hybridized carbons (Fsp3) is 0.391. The third kappa shape index (κ3) is 3.43. The molecule has 0 spiro atoms. The minimum atomic E-state index is -0.384. The van der Waals surface area contributed by atoms with E-state index in [9.17, 15) is 14.9 Å². The monoisotopic (exact) mass is 459 g/mol. The van der Waals surface area contributed by atoms with Crippen molar-refractivity contribution in [3.63, 3.8) is 0 Å². The Hall–Kier alpha value is -4.04. The largest absolute Gasteiger partial charge is 0.341 e. The molecule has 4 heterocycles. The summed E-state index contributed by atoms with van der Waals surface area (Å²) in [5, 5.41) is 10.2. The lowest BCUT2D eigenvalue weighted by Crippen LogP contribution is -2.44. The van der Waals surface area contributed by atoms with Gasteiger partial charge in [-0.05, 0) is 31.9 Å². The Morgan fingerprint density at radius 2 is 1.97 bits per heavy atom. The first-order chi connectivity index (χ1) is 16.4. The van der Waals surface area contributed by atoms with Crippen LogP contribution in [0.25, 0.3) is 21.9 Å². The van der Waals surface area contributed by atoms with Crippen molar-refractivity contribution >= 4 is 27.9 Å². The lowest BCUT2D eigenvalue weighted by Gasteiger charge is -2.31. The number of fused-ring (bicyclic) bond motifs is 2. The lowest BCUT2D eigenvalue weighted by molar-refractivity contribution is 0.489. The molecule has 0 aliphatic carbocycles. The normalized spacial score (nSPS) is 16.3. The number of hydrogen-bond donors (Lipinski definition) is 1. The molecule has 4 aromatic rings. The van der Waals surface area contributed by atoms with Crippen molar-refractivity contribution in [2.45, 2.75) is 38.9 Å². The summed E-state index contributed by atoms with van der Waals surface area (Å²) in [5.41, 5.74) is 6.62. The van der Waals surface area contributed by atoms with E-state index in [0.29, 0.717) is 29.9 Å². The molecule has 3 aromatic heterocycles. The van der Waals surface area contributed by atoms with Crippen LogP contribution in [-0.2, 0) is 20.1 Å². The van der Waals surface area contributed by atoms with Gasteiger partial charge in [0.25, 0.3) is 11.1 Å². The van der Waals surface area contributed by atoms with Crippen LogP contribution < -0.4 is 21.8 Å². The van der Waals surface area contributed by atoms with E-state index in [1.807, 2.05) is 24.0 Å². The SMILES string of the molecule is CCn1c(N2CCCC(N)C2)nc2c(=O)n(C)n(Cc3nc(C#N)c4ccccc4n3)c(=O)c21. The molecule has 1 aliphatic heterocycles. The van der Waals surface area contributed by atoms with Crippen LogP contribution in [0.15, 0.2) is 33.9 Å². The first-order valence-corrected chi connectivity index (χ1v) is 11.3. The highest BCUT2D eigenvalue weighted by atomic mass is 16.2. The zero-order chi connectivity index (χ0) is 24.0. The number of piperidine rings is 1. The van der Waals surface area contributed by atoms with E-state index >= 15 is 0 Å². The van der Waals surface area contributed by atoms with Crippen LogP contribution in [0, 0.1) is 11.3 Å². The first-order valence-electron chi connectivity index (χ1n) is 11.3. The molecule has 174 valence electrons. The predicted octanol–water partition coefficient (Wildman–Crippen LogP) is 0.707. The highest BCUT2D eigenvalue weighted by Crippen LogP contribution is 2.22. The number of imidazole rings is 1. The molecule has 0 saturated carbocycles. The Kier molecular flexibility index (Phi) is 5.37. The molecule has 1 atom stereocenters. The van der Waals surface area contributed by atoms with Crippen LogP contribution in [-0.4, -0.2) is 48.0 Å². The average molecular weight is 460 g/mol. The number of para-hydroxylation sites is 1. The maximum absolute atomic E-state index is 13.6. The predicted molar refractivity (Wildman–Crippen MR) is 128 cm³/mol. The summed E-state index contributed by atoms with van der Waals surface area (Å²) in [5.74, 6) is 0.866. The minimum absolute atomic E-state index is 0.0257. The van der Waals surface area contributed by atoms with Crippen molar-refractivity contribution in [2.75, 3.05) is 18.0 Å². The van der Waals surface area contributed by atoms with Gasteiger partial charge in [-0.15, -0.1) is 0 Å². The van der Waals surface area contributed by atoms with E-state index in [4.69, 9.17) is 5.73 Å². The van der Waals surface area contributed by atoms with E-state index in [2.05, 4.69) is 21.0 Å². The summed E-state index contributed by atoms with van der Waals surface area (Å²) in [6.45, 7) is 3.73. The molecule has 0 bridgehead atoms. The van der Waals surface area contributed by atoms with Crippen LogP contribution in [0.5, 0.6) is 0 Å². The molecule has 1 aliphatic rings. The van der Waals surface area contributed by atoms with Crippen LogP contribution in [0.1, 0.15) is 31.3 Å². The molecule has 1 fully saturated rings. The second-order valence-electron chi connectivity index (χ2n) is 8.51. The summed E-state index contributed by atoms with van der Waals surface area (Å²) in [6, 6.07) is 9.31. The third-order valence-corrected chi connectivity index (χ3v) is 6.35. The van der Waals surface area contributed by atoms with Gasteiger partial charge >= 0.3 is 0 Å². The molecule has 2 N–H and O–H groups in total. The van der Waals surface area contributed by atoms with Gasteiger partial charge < -0.3 is 15.2 Å². The smallest absolute Gasteiger partial charge is 0.293 e. The van der Waals surface area contributed by atoms with Crippen LogP contribution in [0.3, 0.4) is 0 Å². The molecular formula is C23H25N9O2. The molecule has 5 rings (SSSR count). The quantitative estimate of drug-likeness (QED) is 0.470. The Morgan fingerprint density at radius 3 is 2.71 bits per heavy atom. The zero-order valence-corrected chi connectivity index (χ0v) is 19.1. The van der Waals surface area contributed by atoms with E-state index in [1.165, 1.54) is 16.4 Å². The minimum Gasteiger partial charge on any atom is -0.341 e. The van der Waals surface area contributed by atoms with E-state index < -0.39 is 0 Å². The number of benzene rings is 1. The molecule has 1 unspecified atom stereocenters. The van der Waals surface area contributed by atoms with Gasteiger partial charge in [-0.3, -0.25) is 9.59 Å². The fourth-order valence-corrected chi connectivity index (χ4v) is 4.65. The molecule has 1 aromatic carbocycles. The van der Waals surface area contributed by atoms with Crippen molar-refractivity contribution in [3.05, 3.63) is 56.5 Å². The Balaban J connectivity index is 1.67. The topological polar surface area (TPSA) is 141 Å². The zero-order valence-electron chi connectivity index (χ0n) is 19.1. The van der Waals surface area contributed by atoms with Gasteiger partial charge in [0.2, 0.25) is 5.95 Å². The van der Waals surface area contributed by atoms with E-state index in [0.717, 1.165) is 19.4 Å². The maximum Gasteiger partial charge on any atom is 0.293 e. The third-order valence-electron chi connectivity index (χ3n) is 6.35. The average Bonchev–Trinajstić information content (AvgIpc) is 3.25. The Bertz CT molecular complexity index is 1570. The van der Waals surface area contributed by atoms with Gasteiger partial charge in [-0.1, -0.05) is 12.1 Å². The summed E-state index contributed by atoms with van der Waals surface area (Å²) in [4.78, 5) is 42.4. The molecule has 0 radical (unpaired) electrons. The maximum atomic E-state index is 13.6. The number of aryl methyl sites for hydroxylation is 1. The first kappa shape index (κ1) is 21.8. The van der Waals surface area contributed by atoms with Gasteiger partial charge in [0.1, 0.15) is 18.1 Å². The van der Waals surface area contributed by atoms with Gasteiger partial charge in [-0.2, -0.15) is 5.26 Å². The molecule has 0 amide bonds. The lowest BCUT2D eigenvalue weighted by atomic mass is 10.1. The Labute approximate surface area is 194 Å². The Morgan fingerprint density at radius 1 is 1.18 bits per heavy atom. The standard InChI is InChI=1S/C23H25N9O2/c1-3-31-20-19(28-23(31)30-10-6-7-14(25)12-30)21(33)29(2)32(22(20)34)13-18-26-16-9-5-4-8-15(16)17(11-24)27-18/h4-5,8-9,14H,3,6-7,10,12-13,25H2,1-2H3. The number of hydrogen-bond acceptors (Lipinski definition) is 8. The second kappa shape index (κ2) is 8.39. The highest BCUT2D eigenvalue weighted by molar-refractivity contribution is 5.83. The van der Waals surface area contributed by atoms with Gasteiger partial charge in [0.15, 0.2) is 17.0 Å². The summed E-state index contributed by atoms with van der Waals surface area (Å²) >= 11 is 0. The van der Waals surface area contributed by atoms with Crippen molar-refractivity contribution in [1.82, 2.24) is 28.9 Å². The van der Waals surface area contributed by atoms with Crippen LogP contribution >= 0.6 is 0 Å². The highest BCUT2D eigenvalue weighted by Gasteiger charge is 2.26. The van der Waals surface area contributed by atoms with Crippen molar-refractivity contribution in [3.8, 4) is 6.07 Å². The number of nitrogens with two attached hydrogens (primary N) is 1. The van der Waals surface area contributed by atoms with E-state index in [-0.39, 0.29) is 46.3 Å². The number of nitrogens with zero attached hydrogens (tertiary/aromatic N) is 8. The second-order valence-corrected chi connectivity index (χ2v) is 8.51. The summed E-state index contributed by atoms with van der Waals surface area (Å²) in [7, 11) is 1.52. The van der Waals surface area contributed by atoms with E-state index in [1.54, 1.807) is 16.7 Å². The number of rotatable bonds is 4. The summed E-state index contributed by atoms with van der Waals surface area (Å²) < 4.78 is 4.33. The van der Waals surface area contributed by atoms with Crippen LogP contribution in [0.2, 0.25) is 0 Å². The molecule has 11 nitrogen and oxygen atoms in total. The molecular weight excluding hydrogens is 434 g/mol. The van der Waals surface area contributed by atoms with Gasteiger partial charge in [0.05, 0.1) is 5.52 Å². The van der Waals surface area contributed by atoms with Crippen molar-refractivity contribution in [1.29, 1.82) is 5.26 Å². The molecule has 1 saturated heterocycles. The fourth-order valence-electron chi connectivity index (χ4n) is 4.65.